The lowest BCUT2D eigenvalue weighted by molar-refractivity contribution is -0.0135. The summed E-state index contributed by atoms with van der Waals surface area (Å²) >= 11 is 0. The summed E-state index contributed by atoms with van der Waals surface area (Å²) in [4.78, 5) is 12.3. The first-order valence-corrected chi connectivity index (χ1v) is 8.63. The van der Waals surface area contributed by atoms with E-state index in [1.165, 1.54) is 19.3 Å². The van der Waals surface area contributed by atoms with E-state index in [1.54, 1.807) is 10.9 Å². The molecule has 23 heavy (non-hydrogen) atoms. The zero-order valence-corrected chi connectivity index (χ0v) is 13.9. The van der Waals surface area contributed by atoms with Crippen LogP contribution in [0.25, 0.3) is 0 Å². The van der Waals surface area contributed by atoms with Crippen LogP contribution in [-0.4, -0.2) is 27.6 Å². The standard InChI is InChI=1S/C17H25N5O/c1-11-15(10-22(2)21-11)9-18-20-16(23)19-17-6-12-3-13(7-17)5-14(4-12)8-17/h9-10,12-14H,3-8H2,1-2H3,(H2,19,20,23)/b18-9-. The lowest BCUT2D eigenvalue weighted by atomic mass is 9.53. The maximum absolute atomic E-state index is 12.3. The maximum Gasteiger partial charge on any atom is 0.335 e. The van der Waals surface area contributed by atoms with Crippen molar-refractivity contribution in [2.45, 2.75) is 51.0 Å². The van der Waals surface area contributed by atoms with Gasteiger partial charge < -0.3 is 5.32 Å². The van der Waals surface area contributed by atoms with Crippen LogP contribution < -0.4 is 10.7 Å². The van der Waals surface area contributed by atoms with Gasteiger partial charge in [-0.05, 0) is 63.2 Å². The van der Waals surface area contributed by atoms with E-state index >= 15 is 0 Å². The van der Waals surface area contributed by atoms with Crippen LogP contribution in [-0.2, 0) is 7.05 Å². The lowest BCUT2D eigenvalue weighted by Crippen LogP contribution is -2.61. The number of carbonyl (C=O) groups is 1. The molecule has 4 bridgehead atoms. The van der Waals surface area contributed by atoms with Crippen LogP contribution in [0, 0.1) is 24.7 Å². The highest BCUT2D eigenvalue weighted by molar-refractivity contribution is 5.82. The van der Waals surface area contributed by atoms with Gasteiger partial charge in [0.05, 0.1) is 11.9 Å². The number of urea groups is 1. The zero-order valence-electron chi connectivity index (χ0n) is 13.9. The smallest absolute Gasteiger partial charge is 0.331 e. The van der Waals surface area contributed by atoms with Crippen LogP contribution in [0.4, 0.5) is 4.79 Å². The molecule has 0 aliphatic heterocycles. The van der Waals surface area contributed by atoms with Crippen molar-refractivity contribution in [2.24, 2.45) is 29.9 Å². The number of hydrogen-bond donors (Lipinski definition) is 2. The summed E-state index contributed by atoms with van der Waals surface area (Å²) < 4.78 is 1.74. The van der Waals surface area contributed by atoms with Crippen molar-refractivity contribution < 1.29 is 4.79 Å². The van der Waals surface area contributed by atoms with Crippen molar-refractivity contribution in [1.29, 1.82) is 0 Å². The Morgan fingerprint density at radius 1 is 1.30 bits per heavy atom. The minimum Gasteiger partial charge on any atom is -0.331 e. The third-order valence-corrected chi connectivity index (χ3v) is 5.84. The average Bonchev–Trinajstić information content (AvgIpc) is 2.74. The molecule has 5 rings (SSSR count). The summed E-state index contributed by atoms with van der Waals surface area (Å²) in [5.74, 6) is 2.47. The molecule has 4 aliphatic carbocycles. The van der Waals surface area contributed by atoms with E-state index in [1.807, 2.05) is 20.2 Å². The Hall–Kier alpha value is -1.85. The molecule has 4 fully saturated rings. The van der Waals surface area contributed by atoms with E-state index in [9.17, 15) is 4.79 Å². The van der Waals surface area contributed by atoms with E-state index < -0.39 is 0 Å². The molecule has 0 spiro atoms. The van der Waals surface area contributed by atoms with Crippen LogP contribution in [0.1, 0.15) is 49.8 Å². The minimum atomic E-state index is -0.176. The number of hydrazone groups is 1. The normalized spacial score (nSPS) is 35.0. The summed E-state index contributed by atoms with van der Waals surface area (Å²) in [6, 6.07) is -0.176. The van der Waals surface area contributed by atoms with Crippen molar-refractivity contribution in [3.05, 3.63) is 17.5 Å². The second kappa shape index (κ2) is 5.35. The highest BCUT2D eigenvalue weighted by atomic mass is 16.2. The molecule has 1 aromatic heterocycles. The Kier molecular flexibility index (Phi) is 3.43. The van der Waals surface area contributed by atoms with Gasteiger partial charge in [-0.25, -0.2) is 10.2 Å². The highest BCUT2D eigenvalue weighted by Gasteiger charge is 2.51. The molecule has 0 atom stereocenters. The van der Waals surface area contributed by atoms with Gasteiger partial charge in [0.15, 0.2) is 0 Å². The zero-order chi connectivity index (χ0) is 16.0. The summed E-state index contributed by atoms with van der Waals surface area (Å²) in [5, 5.41) is 11.6. The van der Waals surface area contributed by atoms with Gasteiger partial charge >= 0.3 is 6.03 Å². The molecule has 0 unspecified atom stereocenters. The molecule has 0 radical (unpaired) electrons. The lowest BCUT2D eigenvalue weighted by Gasteiger charge is -2.56. The van der Waals surface area contributed by atoms with Crippen molar-refractivity contribution in [1.82, 2.24) is 20.5 Å². The highest BCUT2D eigenvalue weighted by Crippen LogP contribution is 2.55. The Morgan fingerprint density at radius 2 is 1.91 bits per heavy atom. The van der Waals surface area contributed by atoms with E-state index in [-0.39, 0.29) is 11.6 Å². The third kappa shape index (κ3) is 2.86. The van der Waals surface area contributed by atoms with Crippen molar-refractivity contribution in [2.75, 3.05) is 0 Å². The molecule has 6 heteroatoms. The SMILES string of the molecule is Cc1nn(C)cc1/C=N\NC(=O)NC12CC3CC(CC(C3)C1)C2. The molecule has 2 amide bonds. The van der Waals surface area contributed by atoms with Gasteiger partial charge in [0.1, 0.15) is 0 Å². The second-order valence-corrected chi connectivity index (χ2v) is 7.87. The first-order chi connectivity index (χ1) is 11.0. The van der Waals surface area contributed by atoms with Gasteiger partial charge in [-0.1, -0.05) is 0 Å². The molecule has 1 aromatic rings. The largest absolute Gasteiger partial charge is 0.335 e. The predicted molar refractivity (Wildman–Crippen MR) is 88.1 cm³/mol. The van der Waals surface area contributed by atoms with Crippen LogP contribution in [0.5, 0.6) is 0 Å². The molecule has 6 nitrogen and oxygen atoms in total. The molecule has 0 saturated heterocycles. The third-order valence-electron chi connectivity index (χ3n) is 5.84. The van der Waals surface area contributed by atoms with E-state index in [0.29, 0.717) is 0 Å². The summed E-state index contributed by atoms with van der Waals surface area (Å²) in [7, 11) is 1.87. The Bertz CT molecular complexity index is 612. The van der Waals surface area contributed by atoms with Gasteiger partial charge in [0, 0.05) is 24.3 Å². The number of hydrogen-bond acceptors (Lipinski definition) is 3. The fourth-order valence-corrected chi connectivity index (χ4v) is 5.44. The number of aromatic nitrogens is 2. The second-order valence-electron chi connectivity index (χ2n) is 7.87. The van der Waals surface area contributed by atoms with E-state index in [2.05, 4.69) is 20.9 Å². The molecule has 4 saturated carbocycles. The van der Waals surface area contributed by atoms with Gasteiger partial charge in [0.25, 0.3) is 0 Å². The fourth-order valence-electron chi connectivity index (χ4n) is 5.44. The first kappa shape index (κ1) is 14.7. The van der Waals surface area contributed by atoms with E-state index in [4.69, 9.17) is 0 Å². The number of carbonyl (C=O) groups excluding carboxylic acids is 1. The number of nitrogens with zero attached hydrogens (tertiary/aromatic N) is 3. The summed E-state index contributed by atoms with van der Waals surface area (Å²) in [6.07, 6.45) is 11.1. The molecular weight excluding hydrogens is 290 g/mol. The minimum absolute atomic E-state index is 0.0264. The van der Waals surface area contributed by atoms with Crippen LogP contribution in [0.3, 0.4) is 0 Å². The Labute approximate surface area is 136 Å². The quantitative estimate of drug-likeness (QED) is 0.664. The number of nitrogens with one attached hydrogen (secondary N) is 2. The van der Waals surface area contributed by atoms with Crippen molar-refractivity contribution in [3.63, 3.8) is 0 Å². The van der Waals surface area contributed by atoms with Crippen LogP contribution >= 0.6 is 0 Å². The topological polar surface area (TPSA) is 71.3 Å². The molecular formula is C17H25N5O. The van der Waals surface area contributed by atoms with Crippen molar-refractivity contribution in [3.8, 4) is 0 Å². The molecule has 0 aromatic carbocycles. The number of aryl methyl sites for hydroxylation is 2. The number of rotatable bonds is 3. The van der Waals surface area contributed by atoms with Gasteiger partial charge in [-0.15, -0.1) is 0 Å². The van der Waals surface area contributed by atoms with Gasteiger partial charge in [-0.2, -0.15) is 10.2 Å². The van der Waals surface area contributed by atoms with Crippen molar-refractivity contribution >= 4 is 12.2 Å². The molecule has 1 heterocycles. The predicted octanol–water partition coefficient (Wildman–Crippen LogP) is 2.33. The number of amides is 2. The van der Waals surface area contributed by atoms with Gasteiger partial charge in [0.2, 0.25) is 0 Å². The first-order valence-electron chi connectivity index (χ1n) is 8.63. The van der Waals surface area contributed by atoms with Crippen LogP contribution in [0.2, 0.25) is 0 Å². The molecule has 2 N–H and O–H groups in total. The Balaban J connectivity index is 1.36. The monoisotopic (exact) mass is 315 g/mol. The van der Waals surface area contributed by atoms with Gasteiger partial charge in [-0.3, -0.25) is 4.68 Å². The summed E-state index contributed by atoms with van der Waals surface area (Å²) in [6.45, 7) is 1.93. The molecule has 4 aliphatic rings. The average molecular weight is 315 g/mol. The molecule has 124 valence electrons. The Morgan fingerprint density at radius 3 is 2.43 bits per heavy atom. The van der Waals surface area contributed by atoms with Crippen LogP contribution in [0.15, 0.2) is 11.3 Å². The maximum atomic E-state index is 12.3. The van der Waals surface area contributed by atoms with E-state index in [0.717, 1.165) is 48.3 Å². The summed E-state index contributed by atoms with van der Waals surface area (Å²) in [5.41, 5.74) is 4.47. The fraction of sp³-hybridized carbons (Fsp3) is 0.706.